The third kappa shape index (κ3) is 3.44. The monoisotopic (exact) mass is 290 g/mol. The van der Waals surface area contributed by atoms with Crippen LogP contribution in [0.5, 0.6) is 0 Å². The van der Waals surface area contributed by atoms with E-state index in [1.807, 2.05) is 0 Å². The van der Waals surface area contributed by atoms with E-state index >= 15 is 0 Å². The van der Waals surface area contributed by atoms with E-state index in [4.69, 9.17) is 5.11 Å². The Morgan fingerprint density at radius 3 is 2.53 bits per heavy atom. The number of nitrogens with one attached hydrogen (secondary N) is 1. The Labute approximate surface area is 111 Å². The number of hydrogen-bond donors (Lipinski definition) is 2. The first kappa shape index (κ1) is 14.3. The fourth-order valence-electron chi connectivity index (χ4n) is 2.65. The second-order valence-electron chi connectivity index (χ2n) is 5.07. The van der Waals surface area contributed by atoms with Crippen molar-refractivity contribution in [3.63, 3.8) is 0 Å². The maximum atomic E-state index is 12.3. The second kappa shape index (κ2) is 5.46. The number of carboxylic acid groups (broad SMARTS) is 1. The van der Waals surface area contributed by atoms with Crippen LogP contribution in [0.25, 0.3) is 0 Å². The predicted molar refractivity (Wildman–Crippen MR) is 67.4 cm³/mol. The molecule has 2 aliphatic rings. The Morgan fingerprint density at radius 1 is 1.32 bits per heavy atom. The van der Waals surface area contributed by atoms with E-state index in [0.717, 1.165) is 13.0 Å². The summed E-state index contributed by atoms with van der Waals surface area (Å²) in [6, 6.07) is -0.876. The van der Waals surface area contributed by atoms with Crippen molar-refractivity contribution in [3.05, 3.63) is 0 Å². The first-order valence-electron chi connectivity index (χ1n) is 6.35. The second-order valence-corrected chi connectivity index (χ2v) is 7.29. The molecule has 0 saturated carbocycles. The minimum atomic E-state index is -3.14. The lowest BCUT2D eigenvalue weighted by molar-refractivity contribution is -0.146. The molecule has 0 aliphatic carbocycles. The molecule has 0 bridgehead atoms. The molecular weight excluding hydrogens is 272 g/mol. The van der Waals surface area contributed by atoms with Gasteiger partial charge in [0.1, 0.15) is 6.54 Å². The van der Waals surface area contributed by atoms with Gasteiger partial charge in [-0.3, -0.25) is 9.59 Å². The van der Waals surface area contributed by atoms with Crippen LogP contribution in [0.3, 0.4) is 0 Å². The normalized spacial score (nSPS) is 29.3. The number of nitrogens with zero attached hydrogens (tertiary/aromatic N) is 1. The number of aliphatic carboxylic acids is 1. The molecule has 2 atom stereocenters. The Hall–Kier alpha value is -1.15. The molecule has 0 aromatic carbocycles. The van der Waals surface area contributed by atoms with Crippen LogP contribution < -0.4 is 5.32 Å². The average Bonchev–Trinajstić information content (AvgIpc) is 2.94. The molecule has 2 unspecified atom stereocenters. The number of carboxylic acids is 1. The van der Waals surface area contributed by atoms with Gasteiger partial charge in [-0.1, -0.05) is 0 Å². The number of amides is 1. The van der Waals surface area contributed by atoms with Crippen molar-refractivity contribution in [3.8, 4) is 0 Å². The van der Waals surface area contributed by atoms with E-state index in [-0.39, 0.29) is 23.5 Å². The van der Waals surface area contributed by atoms with Crippen LogP contribution in [0.4, 0.5) is 0 Å². The fraction of sp³-hybridized carbons (Fsp3) is 0.818. The van der Waals surface area contributed by atoms with Gasteiger partial charge < -0.3 is 15.3 Å². The fourth-order valence-corrected chi connectivity index (χ4v) is 4.38. The minimum absolute atomic E-state index is 0.0269. The van der Waals surface area contributed by atoms with Crippen LogP contribution in [-0.2, 0) is 19.4 Å². The van der Waals surface area contributed by atoms with Gasteiger partial charge in [0.25, 0.3) is 0 Å². The number of carbonyl (C=O) groups excluding carboxylic acids is 1. The molecule has 19 heavy (non-hydrogen) atoms. The lowest BCUT2D eigenvalue weighted by Crippen LogP contribution is -2.50. The number of carbonyl (C=O) groups is 2. The number of sulfone groups is 1. The maximum absolute atomic E-state index is 12.3. The van der Waals surface area contributed by atoms with Crippen LogP contribution in [0.15, 0.2) is 0 Å². The Morgan fingerprint density at radius 2 is 2.05 bits per heavy atom. The zero-order valence-electron chi connectivity index (χ0n) is 10.5. The standard InChI is InChI=1S/C11H18N2O5S/c14-10(15)6-13(8-3-5-19(17,18)7-8)11(16)9-2-1-4-12-9/h8-9,12H,1-7H2,(H,14,15). The maximum Gasteiger partial charge on any atom is 0.323 e. The van der Waals surface area contributed by atoms with Crippen molar-refractivity contribution in [1.82, 2.24) is 10.2 Å². The third-order valence-electron chi connectivity index (χ3n) is 3.60. The first-order valence-corrected chi connectivity index (χ1v) is 8.17. The summed E-state index contributed by atoms with van der Waals surface area (Å²) in [5.41, 5.74) is 0. The Kier molecular flexibility index (Phi) is 4.10. The zero-order chi connectivity index (χ0) is 14.0. The molecule has 1 amide bonds. The van der Waals surface area contributed by atoms with Crippen LogP contribution in [-0.4, -0.2) is 67.0 Å². The molecule has 8 heteroatoms. The van der Waals surface area contributed by atoms with Gasteiger partial charge in [-0.05, 0) is 25.8 Å². The van der Waals surface area contributed by atoms with Crippen LogP contribution in [0, 0.1) is 0 Å². The van der Waals surface area contributed by atoms with Crippen LogP contribution >= 0.6 is 0 Å². The zero-order valence-corrected chi connectivity index (χ0v) is 11.4. The summed E-state index contributed by atoms with van der Waals surface area (Å²) >= 11 is 0. The first-order chi connectivity index (χ1) is 8.89. The quantitative estimate of drug-likeness (QED) is 0.677. The lowest BCUT2D eigenvalue weighted by Gasteiger charge is -2.29. The van der Waals surface area contributed by atoms with E-state index < -0.39 is 28.4 Å². The summed E-state index contributed by atoms with van der Waals surface area (Å²) in [6.45, 7) is 0.303. The highest BCUT2D eigenvalue weighted by Gasteiger charge is 2.38. The average molecular weight is 290 g/mol. The van der Waals surface area contributed by atoms with Crippen LogP contribution in [0.1, 0.15) is 19.3 Å². The van der Waals surface area contributed by atoms with E-state index in [2.05, 4.69) is 5.32 Å². The lowest BCUT2D eigenvalue weighted by atomic mass is 10.1. The summed E-state index contributed by atoms with van der Waals surface area (Å²) in [7, 11) is -3.14. The summed E-state index contributed by atoms with van der Waals surface area (Å²) < 4.78 is 22.9. The van der Waals surface area contributed by atoms with E-state index in [1.54, 1.807) is 0 Å². The molecule has 0 aromatic rings. The van der Waals surface area contributed by atoms with Crippen molar-refractivity contribution in [2.75, 3.05) is 24.6 Å². The molecule has 0 aromatic heterocycles. The molecule has 2 rings (SSSR count). The van der Waals surface area contributed by atoms with Gasteiger partial charge in [0.15, 0.2) is 9.84 Å². The van der Waals surface area contributed by atoms with Gasteiger partial charge in [-0.15, -0.1) is 0 Å². The topological polar surface area (TPSA) is 104 Å². The van der Waals surface area contributed by atoms with E-state index in [0.29, 0.717) is 12.8 Å². The molecule has 2 aliphatic heterocycles. The van der Waals surface area contributed by atoms with Gasteiger partial charge in [-0.2, -0.15) is 0 Å². The summed E-state index contributed by atoms with van der Waals surface area (Å²) in [5, 5.41) is 11.9. The highest BCUT2D eigenvalue weighted by molar-refractivity contribution is 7.91. The third-order valence-corrected chi connectivity index (χ3v) is 5.35. The molecular formula is C11H18N2O5S. The molecule has 2 heterocycles. The molecule has 0 radical (unpaired) electrons. The SMILES string of the molecule is O=C(O)CN(C(=O)C1CCCN1)C1CCS(=O)(=O)C1. The molecule has 2 saturated heterocycles. The molecule has 2 N–H and O–H groups in total. The van der Waals surface area contributed by atoms with Gasteiger partial charge in [0, 0.05) is 6.04 Å². The summed E-state index contributed by atoms with van der Waals surface area (Å²) in [6.07, 6.45) is 1.88. The minimum Gasteiger partial charge on any atom is -0.480 e. The molecule has 0 spiro atoms. The van der Waals surface area contributed by atoms with Crippen molar-refractivity contribution in [2.45, 2.75) is 31.3 Å². The van der Waals surface area contributed by atoms with Gasteiger partial charge in [0.2, 0.25) is 5.91 Å². The number of rotatable bonds is 4. The van der Waals surface area contributed by atoms with Crippen molar-refractivity contribution < 1.29 is 23.1 Å². The van der Waals surface area contributed by atoms with Crippen LogP contribution in [0.2, 0.25) is 0 Å². The largest absolute Gasteiger partial charge is 0.480 e. The Bertz CT molecular complexity index is 469. The number of hydrogen-bond acceptors (Lipinski definition) is 5. The van der Waals surface area contributed by atoms with Crippen molar-refractivity contribution in [2.24, 2.45) is 0 Å². The highest BCUT2D eigenvalue weighted by atomic mass is 32.2. The van der Waals surface area contributed by atoms with Gasteiger partial charge in [-0.25, -0.2) is 8.42 Å². The molecule has 7 nitrogen and oxygen atoms in total. The smallest absolute Gasteiger partial charge is 0.323 e. The van der Waals surface area contributed by atoms with Crippen molar-refractivity contribution >= 4 is 21.7 Å². The predicted octanol–water partition coefficient (Wildman–Crippen LogP) is -1.16. The van der Waals surface area contributed by atoms with E-state index in [9.17, 15) is 18.0 Å². The van der Waals surface area contributed by atoms with Gasteiger partial charge >= 0.3 is 5.97 Å². The van der Waals surface area contributed by atoms with E-state index in [1.165, 1.54) is 4.90 Å². The highest BCUT2D eigenvalue weighted by Crippen LogP contribution is 2.20. The summed E-state index contributed by atoms with van der Waals surface area (Å²) in [5.74, 6) is -1.50. The van der Waals surface area contributed by atoms with Gasteiger partial charge in [0.05, 0.1) is 17.5 Å². The Balaban J connectivity index is 2.11. The molecule has 108 valence electrons. The van der Waals surface area contributed by atoms with Crippen molar-refractivity contribution in [1.29, 1.82) is 0 Å². The molecule has 2 fully saturated rings. The summed E-state index contributed by atoms with van der Waals surface area (Å²) in [4.78, 5) is 24.4.